The summed E-state index contributed by atoms with van der Waals surface area (Å²) in [5.41, 5.74) is 0.139. The van der Waals surface area contributed by atoms with Gasteiger partial charge in [-0.2, -0.15) is 0 Å². The number of aliphatic carboxylic acids is 1. The van der Waals surface area contributed by atoms with E-state index < -0.39 is 17.4 Å². The van der Waals surface area contributed by atoms with Gasteiger partial charge in [0.15, 0.2) is 0 Å². The molecule has 0 bridgehead atoms. The average molecular weight is 330 g/mol. The fraction of sp³-hybridized carbons (Fsp3) is 0.389. The van der Waals surface area contributed by atoms with Gasteiger partial charge in [0.05, 0.1) is 0 Å². The highest BCUT2D eigenvalue weighted by Gasteiger charge is 2.40. The van der Waals surface area contributed by atoms with Crippen molar-refractivity contribution in [3.63, 3.8) is 0 Å². The maximum Gasteiger partial charge on any atom is 0.329 e. The molecule has 0 heterocycles. The van der Waals surface area contributed by atoms with Crippen molar-refractivity contribution < 1.29 is 19.5 Å². The molecule has 6 nitrogen and oxygen atoms in total. The van der Waals surface area contributed by atoms with Crippen molar-refractivity contribution in [2.24, 2.45) is 0 Å². The Morgan fingerprint density at radius 2 is 1.71 bits per heavy atom. The molecule has 0 saturated heterocycles. The lowest BCUT2D eigenvalue weighted by Gasteiger charge is -2.33. The molecule has 0 aromatic heterocycles. The Labute approximate surface area is 140 Å². The van der Waals surface area contributed by atoms with Gasteiger partial charge in [0.25, 0.3) is 5.91 Å². The maximum atomic E-state index is 12.1. The highest BCUT2D eigenvalue weighted by Crippen LogP contribution is 2.28. The lowest BCUT2D eigenvalue weighted by atomic mass is 9.81. The third-order valence-corrected chi connectivity index (χ3v) is 4.31. The monoisotopic (exact) mass is 330 g/mol. The summed E-state index contributed by atoms with van der Waals surface area (Å²) in [5.74, 6) is -1.57. The van der Waals surface area contributed by atoms with Gasteiger partial charge in [0, 0.05) is 18.7 Å². The molecule has 2 rings (SSSR count). The van der Waals surface area contributed by atoms with E-state index in [0.717, 1.165) is 24.8 Å². The van der Waals surface area contributed by atoms with Crippen LogP contribution in [0, 0.1) is 0 Å². The second-order valence-corrected chi connectivity index (χ2v) is 5.97. The zero-order valence-corrected chi connectivity index (χ0v) is 13.7. The number of amides is 2. The third-order valence-electron chi connectivity index (χ3n) is 4.31. The number of hydrogen-bond donors (Lipinski definition) is 3. The fourth-order valence-electron chi connectivity index (χ4n) is 2.89. The number of hydrogen-bond acceptors (Lipinski definition) is 3. The fourth-order valence-corrected chi connectivity index (χ4v) is 2.89. The summed E-state index contributed by atoms with van der Waals surface area (Å²) in [5, 5.41) is 14.6. The van der Waals surface area contributed by atoms with Crippen LogP contribution in [0.1, 0.15) is 48.0 Å². The molecule has 0 atom stereocenters. The van der Waals surface area contributed by atoms with E-state index in [2.05, 4.69) is 10.6 Å². The lowest BCUT2D eigenvalue weighted by Crippen LogP contribution is -2.55. The first kappa shape index (κ1) is 17.7. The van der Waals surface area contributed by atoms with Crippen molar-refractivity contribution in [3.8, 4) is 0 Å². The molecular formula is C18H22N2O4. The van der Waals surface area contributed by atoms with Crippen molar-refractivity contribution in [2.45, 2.75) is 37.6 Å². The molecule has 0 aliphatic heterocycles. The van der Waals surface area contributed by atoms with Gasteiger partial charge in [0.1, 0.15) is 5.54 Å². The van der Waals surface area contributed by atoms with Crippen molar-refractivity contribution in [3.05, 3.63) is 41.5 Å². The minimum atomic E-state index is -1.15. The summed E-state index contributed by atoms with van der Waals surface area (Å²) in [6.45, 7) is 0. The van der Waals surface area contributed by atoms with Crippen LogP contribution in [0.2, 0.25) is 0 Å². The largest absolute Gasteiger partial charge is 0.480 e. The minimum absolute atomic E-state index is 0.177. The van der Waals surface area contributed by atoms with E-state index in [1.54, 1.807) is 37.4 Å². The Morgan fingerprint density at radius 1 is 1.08 bits per heavy atom. The number of carboxylic acids is 1. The van der Waals surface area contributed by atoms with E-state index in [9.17, 15) is 19.5 Å². The van der Waals surface area contributed by atoms with Crippen LogP contribution in [0.5, 0.6) is 0 Å². The van der Waals surface area contributed by atoms with E-state index in [0.29, 0.717) is 18.4 Å². The third kappa shape index (κ3) is 4.22. The first-order valence-electron chi connectivity index (χ1n) is 8.03. The van der Waals surface area contributed by atoms with Crippen LogP contribution in [0.15, 0.2) is 30.3 Å². The quantitative estimate of drug-likeness (QED) is 0.719. The first-order valence-corrected chi connectivity index (χ1v) is 8.03. The summed E-state index contributed by atoms with van der Waals surface area (Å²) in [6, 6.07) is 6.77. The Kier molecular flexibility index (Phi) is 5.73. The summed E-state index contributed by atoms with van der Waals surface area (Å²) in [6.07, 6.45) is 6.45. The highest BCUT2D eigenvalue weighted by atomic mass is 16.4. The number of carbonyl (C=O) groups is 3. The van der Waals surface area contributed by atoms with Gasteiger partial charge < -0.3 is 15.7 Å². The van der Waals surface area contributed by atoms with E-state index >= 15 is 0 Å². The number of benzene rings is 1. The van der Waals surface area contributed by atoms with Crippen molar-refractivity contribution >= 4 is 23.9 Å². The summed E-state index contributed by atoms with van der Waals surface area (Å²) in [7, 11) is 1.56. The van der Waals surface area contributed by atoms with Gasteiger partial charge in [-0.1, -0.05) is 31.4 Å². The number of carbonyl (C=O) groups excluding carboxylic acids is 2. The molecule has 1 saturated carbocycles. The highest BCUT2D eigenvalue weighted by molar-refractivity contribution is 5.96. The van der Waals surface area contributed by atoms with Gasteiger partial charge in [-0.25, -0.2) is 4.79 Å². The normalized spacial score (nSPS) is 16.5. The number of rotatable bonds is 5. The Morgan fingerprint density at radius 3 is 2.25 bits per heavy atom. The Hall–Kier alpha value is -2.63. The molecule has 3 N–H and O–H groups in total. The molecule has 1 fully saturated rings. The number of nitrogens with one attached hydrogen (secondary N) is 2. The average Bonchev–Trinajstić information content (AvgIpc) is 2.60. The Balaban J connectivity index is 2.01. The predicted octanol–water partition coefficient (Wildman–Crippen LogP) is 1.96. The van der Waals surface area contributed by atoms with E-state index in [-0.39, 0.29) is 5.91 Å². The van der Waals surface area contributed by atoms with Crippen LogP contribution in [-0.2, 0) is 9.59 Å². The molecule has 1 aliphatic rings. The van der Waals surface area contributed by atoms with Crippen LogP contribution in [-0.4, -0.2) is 35.5 Å². The van der Waals surface area contributed by atoms with Crippen LogP contribution in [0.25, 0.3) is 6.08 Å². The minimum Gasteiger partial charge on any atom is -0.480 e. The predicted molar refractivity (Wildman–Crippen MR) is 90.5 cm³/mol. The van der Waals surface area contributed by atoms with Gasteiger partial charge in [-0.3, -0.25) is 9.59 Å². The molecule has 0 spiro atoms. The summed E-state index contributed by atoms with van der Waals surface area (Å²) >= 11 is 0. The second kappa shape index (κ2) is 7.77. The molecule has 128 valence electrons. The van der Waals surface area contributed by atoms with Crippen LogP contribution in [0.3, 0.4) is 0 Å². The Bertz CT molecular complexity index is 643. The van der Waals surface area contributed by atoms with Crippen LogP contribution < -0.4 is 10.6 Å². The zero-order valence-electron chi connectivity index (χ0n) is 13.7. The van der Waals surface area contributed by atoms with Gasteiger partial charge in [-0.15, -0.1) is 0 Å². The molecule has 0 unspecified atom stereocenters. The van der Waals surface area contributed by atoms with Crippen LogP contribution in [0.4, 0.5) is 0 Å². The van der Waals surface area contributed by atoms with Crippen molar-refractivity contribution in [2.75, 3.05) is 7.05 Å². The molecule has 1 aromatic rings. The van der Waals surface area contributed by atoms with E-state index in [1.165, 1.54) is 6.08 Å². The van der Waals surface area contributed by atoms with E-state index in [4.69, 9.17) is 0 Å². The molecule has 6 heteroatoms. The second-order valence-electron chi connectivity index (χ2n) is 5.97. The van der Waals surface area contributed by atoms with E-state index in [1.807, 2.05) is 0 Å². The molecule has 24 heavy (non-hydrogen) atoms. The number of carboxylic acid groups (broad SMARTS) is 1. The molecule has 1 aliphatic carbocycles. The zero-order chi connectivity index (χ0) is 17.6. The lowest BCUT2D eigenvalue weighted by molar-refractivity contribution is -0.148. The first-order chi connectivity index (χ1) is 11.5. The SMILES string of the molecule is CNC(=O)c1ccc(/C=C\C(=O)NC2(C(=O)O)CCCCC2)cc1. The maximum absolute atomic E-state index is 12.1. The standard InChI is InChI=1S/C18H22N2O4/c1-19-16(22)14-8-5-13(6-9-14)7-10-15(21)20-18(17(23)24)11-3-2-4-12-18/h5-10H,2-4,11-12H2,1H3,(H,19,22)(H,20,21)(H,23,24)/b10-7-. The van der Waals surface area contributed by atoms with Crippen LogP contribution >= 0.6 is 0 Å². The van der Waals surface area contributed by atoms with Gasteiger partial charge >= 0.3 is 5.97 Å². The topological polar surface area (TPSA) is 95.5 Å². The molecular weight excluding hydrogens is 308 g/mol. The summed E-state index contributed by atoms with van der Waals surface area (Å²) < 4.78 is 0. The van der Waals surface area contributed by atoms with Crippen molar-refractivity contribution in [1.82, 2.24) is 10.6 Å². The molecule has 1 aromatic carbocycles. The smallest absolute Gasteiger partial charge is 0.329 e. The van der Waals surface area contributed by atoms with Crippen molar-refractivity contribution in [1.29, 1.82) is 0 Å². The molecule has 2 amide bonds. The van der Waals surface area contributed by atoms with Gasteiger partial charge in [0.2, 0.25) is 5.91 Å². The van der Waals surface area contributed by atoms with Gasteiger partial charge in [-0.05, 0) is 36.6 Å². The molecule has 0 radical (unpaired) electrons. The summed E-state index contributed by atoms with van der Waals surface area (Å²) in [4.78, 5) is 35.1.